The van der Waals surface area contributed by atoms with Gasteiger partial charge in [-0.3, -0.25) is 15.5 Å². The molecule has 1 aromatic carbocycles. The van der Waals surface area contributed by atoms with Gasteiger partial charge in [0.2, 0.25) is 5.13 Å². The Labute approximate surface area is 152 Å². The van der Waals surface area contributed by atoms with Crippen molar-refractivity contribution in [3.8, 4) is 11.5 Å². The maximum absolute atomic E-state index is 11.1. The molecule has 0 amide bonds. The van der Waals surface area contributed by atoms with Gasteiger partial charge < -0.3 is 14.6 Å². The van der Waals surface area contributed by atoms with Gasteiger partial charge in [-0.25, -0.2) is 9.78 Å². The van der Waals surface area contributed by atoms with E-state index in [1.165, 1.54) is 37.7 Å². The van der Waals surface area contributed by atoms with Crippen LogP contribution in [-0.2, 0) is 4.79 Å². The monoisotopic (exact) mass is 380 g/mol. The predicted molar refractivity (Wildman–Crippen MR) is 95.4 cm³/mol. The molecule has 0 aliphatic carbocycles. The molecule has 0 saturated heterocycles. The molecule has 0 aliphatic rings. The number of nitrogens with one attached hydrogen (secondary N) is 1. The van der Waals surface area contributed by atoms with Crippen molar-refractivity contribution in [1.82, 2.24) is 4.98 Å². The van der Waals surface area contributed by atoms with Crippen LogP contribution in [0.2, 0.25) is 0 Å². The van der Waals surface area contributed by atoms with Crippen LogP contribution in [0.3, 0.4) is 0 Å². The van der Waals surface area contributed by atoms with Crippen LogP contribution in [0.5, 0.6) is 11.5 Å². The zero-order chi connectivity index (χ0) is 19.3. The summed E-state index contributed by atoms with van der Waals surface area (Å²) in [4.78, 5) is 25.7. The van der Waals surface area contributed by atoms with Gasteiger partial charge in [0, 0.05) is 17.0 Å². The van der Waals surface area contributed by atoms with Crippen LogP contribution >= 0.6 is 11.3 Å². The second kappa shape index (κ2) is 8.25. The number of anilines is 1. The molecule has 1 aromatic heterocycles. The van der Waals surface area contributed by atoms with Gasteiger partial charge in [0.05, 0.1) is 30.0 Å². The van der Waals surface area contributed by atoms with E-state index in [9.17, 15) is 14.9 Å². The standard InChI is InChI=1S/C15H16N4O6S/c1-8-7-26-15(17-8)18-16-6-10-4-11(19(22)23)5-12(24-3)13(10)25-9(2)14(20)21/h4-7,9H,1-3H3,(H,17,18)(H,20,21). The van der Waals surface area contributed by atoms with Crippen molar-refractivity contribution in [3.63, 3.8) is 0 Å². The first-order valence-corrected chi connectivity index (χ1v) is 8.17. The van der Waals surface area contributed by atoms with Crippen molar-refractivity contribution >= 4 is 34.3 Å². The van der Waals surface area contributed by atoms with Gasteiger partial charge in [0.15, 0.2) is 17.6 Å². The molecule has 2 N–H and O–H groups in total. The number of hydrogen-bond donors (Lipinski definition) is 2. The predicted octanol–water partition coefficient (Wildman–Crippen LogP) is 2.67. The van der Waals surface area contributed by atoms with E-state index in [-0.39, 0.29) is 22.7 Å². The number of rotatable bonds is 8. The Morgan fingerprint density at radius 1 is 1.54 bits per heavy atom. The lowest BCUT2D eigenvalue weighted by Crippen LogP contribution is -2.23. The fourth-order valence-electron chi connectivity index (χ4n) is 1.88. The molecule has 2 aromatic rings. The normalized spacial score (nSPS) is 12.0. The van der Waals surface area contributed by atoms with E-state index in [4.69, 9.17) is 14.6 Å². The maximum atomic E-state index is 11.1. The number of aromatic nitrogens is 1. The Balaban J connectivity index is 2.39. The van der Waals surface area contributed by atoms with Crippen LogP contribution in [0.1, 0.15) is 18.2 Å². The number of carboxylic acids is 1. The van der Waals surface area contributed by atoms with E-state index >= 15 is 0 Å². The average Bonchev–Trinajstić information content (AvgIpc) is 3.00. The SMILES string of the molecule is COc1cc([N+](=O)[O-])cc(C=NNc2nc(C)cs2)c1OC(C)C(=O)O. The number of non-ortho nitro benzene ring substituents is 1. The number of aliphatic carboxylic acids is 1. The maximum Gasteiger partial charge on any atom is 0.344 e. The van der Waals surface area contributed by atoms with Gasteiger partial charge in [-0.15, -0.1) is 11.3 Å². The number of carbonyl (C=O) groups is 1. The smallest absolute Gasteiger partial charge is 0.344 e. The molecule has 0 bridgehead atoms. The van der Waals surface area contributed by atoms with Crippen LogP contribution in [0, 0.1) is 17.0 Å². The Morgan fingerprint density at radius 3 is 2.81 bits per heavy atom. The minimum absolute atomic E-state index is 0.0267. The minimum Gasteiger partial charge on any atom is -0.493 e. The molecule has 1 unspecified atom stereocenters. The Hall–Kier alpha value is -3.21. The minimum atomic E-state index is -1.19. The van der Waals surface area contributed by atoms with Crippen molar-refractivity contribution < 1.29 is 24.3 Å². The summed E-state index contributed by atoms with van der Waals surface area (Å²) >= 11 is 1.34. The van der Waals surface area contributed by atoms with Crippen molar-refractivity contribution in [3.05, 3.63) is 38.9 Å². The van der Waals surface area contributed by atoms with Crippen LogP contribution in [0.15, 0.2) is 22.6 Å². The quantitative estimate of drug-likeness (QED) is 0.405. The third-order valence-electron chi connectivity index (χ3n) is 3.12. The molecule has 26 heavy (non-hydrogen) atoms. The summed E-state index contributed by atoms with van der Waals surface area (Å²) in [5.41, 5.74) is 3.46. The first kappa shape index (κ1) is 19.1. The number of nitro groups is 1. The van der Waals surface area contributed by atoms with E-state index < -0.39 is 17.0 Å². The van der Waals surface area contributed by atoms with Crippen molar-refractivity contribution in [2.24, 2.45) is 5.10 Å². The summed E-state index contributed by atoms with van der Waals surface area (Å²) in [6.07, 6.45) is 0.0861. The molecule has 11 heteroatoms. The number of nitrogens with zero attached hydrogens (tertiary/aromatic N) is 3. The molecule has 0 radical (unpaired) electrons. The van der Waals surface area contributed by atoms with E-state index in [0.29, 0.717) is 5.13 Å². The highest BCUT2D eigenvalue weighted by Crippen LogP contribution is 2.35. The molecule has 0 spiro atoms. The first-order chi connectivity index (χ1) is 12.3. The van der Waals surface area contributed by atoms with E-state index in [0.717, 1.165) is 11.8 Å². The van der Waals surface area contributed by atoms with E-state index in [1.807, 2.05) is 12.3 Å². The fourth-order valence-corrected chi connectivity index (χ4v) is 2.51. The zero-order valence-corrected chi connectivity index (χ0v) is 14.9. The third kappa shape index (κ3) is 4.66. The second-order valence-corrected chi connectivity index (χ2v) is 5.94. The topological polar surface area (TPSA) is 136 Å². The van der Waals surface area contributed by atoms with Crippen LogP contribution in [0.4, 0.5) is 10.8 Å². The largest absolute Gasteiger partial charge is 0.493 e. The van der Waals surface area contributed by atoms with Crippen molar-refractivity contribution in [2.45, 2.75) is 20.0 Å². The average molecular weight is 380 g/mol. The molecule has 10 nitrogen and oxygen atoms in total. The Kier molecular flexibility index (Phi) is 6.07. The Morgan fingerprint density at radius 2 is 2.27 bits per heavy atom. The molecule has 1 heterocycles. The summed E-state index contributed by atoms with van der Waals surface area (Å²) in [6, 6.07) is 2.36. The summed E-state index contributed by atoms with van der Waals surface area (Å²) in [7, 11) is 1.30. The number of nitro benzene ring substituents is 1. The summed E-state index contributed by atoms with van der Waals surface area (Å²) in [5.74, 6) is -1.13. The number of carboxylic acid groups (broad SMARTS) is 1. The summed E-state index contributed by atoms with van der Waals surface area (Å²) in [6.45, 7) is 3.16. The van der Waals surface area contributed by atoms with Crippen molar-refractivity contribution in [1.29, 1.82) is 0 Å². The number of aryl methyl sites for hydroxylation is 1. The zero-order valence-electron chi connectivity index (χ0n) is 14.1. The van der Waals surface area contributed by atoms with Gasteiger partial charge in [0.1, 0.15) is 0 Å². The summed E-state index contributed by atoms with van der Waals surface area (Å²) < 4.78 is 10.5. The number of ether oxygens (including phenoxy) is 2. The van der Waals surface area contributed by atoms with Crippen LogP contribution in [-0.4, -0.2) is 40.4 Å². The molecule has 1 atom stereocenters. The number of benzene rings is 1. The van der Waals surface area contributed by atoms with Gasteiger partial charge in [-0.1, -0.05) is 0 Å². The number of thiazole rings is 1. The third-order valence-corrected chi connectivity index (χ3v) is 3.99. The molecular weight excluding hydrogens is 364 g/mol. The highest BCUT2D eigenvalue weighted by molar-refractivity contribution is 7.13. The van der Waals surface area contributed by atoms with Gasteiger partial charge >= 0.3 is 5.97 Å². The lowest BCUT2D eigenvalue weighted by atomic mass is 10.1. The molecule has 0 saturated carbocycles. The second-order valence-electron chi connectivity index (χ2n) is 5.09. The molecule has 0 aliphatic heterocycles. The summed E-state index contributed by atoms with van der Waals surface area (Å²) in [5, 5.41) is 26.5. The molecule has 0 fully saturated rings. The highest BCUT2D eigenvalue weighted by Gasteiger charge is 2.22. The van der Waals surface area contributed by atoms with E-state index in [2.05, 4.69) is 15.5 Å². The highest BCUT2D eigenvalue weighted by atomic mass is 32.1. The Bertz CT molecular complexity index is 851. The fraction of sp³-hybridized carbons (Fsp3) is 0.267. The lowest BCUT2D eigenvalue weighted by Gasteiger charge is -2.15. The van der Waals surface area contributed by atoms with Crippen molar-refractivity contribution in [2.75, 3.05) is 12.5 Å². The van der Waals surface area contributed by atoms with Crippen LogP contribution < -0.4 is 14.9 Å². The number of hydrazone groups is 1. The van der Waals surface area contributed by atoms with E-state index in [1.54, 1.807) is 0 Å². The lowest BCUT2D eigenvalue weighted by molar-refractivity contribution is -0.385. The van der Waals surface area contributed by atoms with Crippen LogP contribution in [0.25, 0.3) is 0 Å². The first-order valence-electron chi connectivity index (χ1n) is 7.29. The van der Waals surface area contributed by atoms with Gasteiger partial charge in [-0.2, -0.15) is 5.10 Å². The van der Waals surface area contributed by atoms with Gasteiger partial charge in [0.25, 0.3) is 5.69 Å². The molecular formula is C15H16N4O6S. The number of hydrogen-bond acceptors (Lipinski definition) is 9. The molecule has 138 valence electrons. The molecule has 2 rings (SSSR count). The number of methoxy groups -OCH3 is 1. The van der Waals surface area contributed by atoms with Gasteiger partial charge in [-0.05, 0) is 13.8 Å².